The van der Waals surface area contributed by atoms with E-state index in [4.69, 9.17) is 9.47 Å². The predicted molar refractivity (Wildman–Crippen MR) is 120 cm³/mol. The van der Waals surface area contributed by atoms with E-state index in [1.54, 1.807) is 36.6 Å². The van der Waals surface area contributed by atoms with E-state index in [-0.39, 0.29) is 18.0 Å². The lowest BCUT2D eigenvalue weighted by Gasteiger charge is -2.08. The fourth-order valence-corrected chi connectivity index (χ4v) is 3.48. The quantitative estimate of drug-likeness (QED) is 0.389. The average molecular weight is 456 g/mol. The minimum atomic E-state index is -0.525. The van der Waals surface area contributed by atoms with Gasteiger partial charge in [-0.1, -0.05) is 6.07 Å². The van der Waals surface area contributed by atoms with Gasteiger partial charge in [-0.3, -0.25) is 25.0 Å². The fraction of sp³-hybridized carbons (Fsp3) is 0.190. The number of rotatable bonds is 8. The van der Waals surface area contributed by atoms with Crippen molar-refractivity contribution < 1.29 is 24.0 Å². The van der Waals surface area contributed by atoms with Crippen LogP contribution in [0.25, 0.3) is 0 Å². The zero-order chi connectivity index (χ0) is 23.3. The number of aromatic nitrogens is 1. The van der Waals surface area contributed by atoms with Gasteiger partial charge in [-0.05, 0) is 24.6 Å². The molecule has 32 heavy (non-hydrogen) atoms. The monoisotopic (exact) mass is 456 g/mol. The van der Waals surface area contributed by atoms with Crippen LogP contribution in [0.2, 0.25) is 0 Å². The molecule has 0 aliphatic carbocycles. The minimum Gasteiger partial charge on any atom is -0.497 e. The van der Waals surface area contributed by atoms with Crippen molar-refractivity contribution in [3.8, 4) is 11.5 Å². The smallest absolute Gasteiger partial charge is 0.271 e. The van der Waals surface area contributed by atoms with Gasteiger partial charge in [0.25, 0.3) is 11.6 Å². The molecule has 0 fully saturated rings. The van der Waals surface area contributed by atoms with Crippen LogP contribution < -0.4 is 20.1 Å². The zero-order valence-electron chi connectivity index (χ0n) is 17.5. The van der Waals surface area contributed by atoms with Crippen LogP contribution in [0.1, 0.15) is 21.6 Å². The van der Waals surface area contributed by atoms with Gasteiger partial charge in [0, 0.05) is 29.1 Å². The average Bonchev–Trinajstić information content (AvgIpc) is 3.20. The van der Waals surface area contributed by atoms with Crippen LogP contribution in [0.3, 0.4) is 0 Å². The highest BCUT2D eigenvalue weighted by molar-refractivity contribution is 7.14. The van der Waals surface area contributed by atoms with E-state index in [2.05, 4.69) is 15.6 Å². The zero-order valence-corrected chi connectivity index (χ0v) is 18.3. The molecule has 0 saturated carbocycles. The van der Waals surface area contributed by atoms with Crippen molar-refractivity contribution in [3.05, 3.63) is 68.7 Å². The first-order valence-corrected chi connectivity index (χ1v) is 10.2. The molecule has 0 radical (unpaired) electrons. The van der Waals surface area contributed by atoms with E-state index < -0.39 is 10.8 Å². The largest absolute Gasteiger partial charge is 0.497 e. The molecular formula is C21H20N4O6S. The van der Waals surface area contributed by atoms with Crippen LogP contribution in [0, 0.1) is 17.0 Å². The Balaban J connectivity index is 1.65. The van der Waals surface area contributed by atoms with Crippen LogP contribution in [0.4, 0.5) is 16.5 Å². The van der Waals surface area contributed by atoms with Gasteiger partial charge in [-0.25, -0.2) is 4.98 Å². The molecule has 0 aliphatic heterocycles. The maximum absolute atomic E-state index is 12.6. The summed E-state index contributed by atoms with van der Waals surface area (Å²) in [5.41, 5.74) is 1.73. The molecule has 3 rings (SSSR count). The van der Waals surface area contributed by atoms with Gasteiger partial charge in [0.1, 0.15) is 11.5 Å². The summed E-state index contributed by atoms with van der Waals surface area (Å²) in [6.45, 7) is 1.74. The van der Waals surface area contributed by atoms with Crippen molar-refractivity contribution in [3.63, 3.8) is 0 Å². The van der Waals surface area contributed by atoms with Crippen LogP contribution in [0.5, 0.6) is 11.5 Å². The Bertz CT molecular complexity index is 1150. The molecule has 166 valence electrons. The van der Waals surface area contributed by atoms with Crippen LogP contribution in [-0.2, 0) is 11.2 Å². The molecule has 0 spiro atoms. The number of methoxy groups -OCH3 is 2. The fourth-order valence-electron chi connectivity index (χ4n) is 2.77. The molecule has 0 atom stereocenters. The van der Waals surface area contributed by atoms with Gasteiger partial charge in [0.05, 0.1) is 36.9 Å². The number of non-ortho nitro benzene ring substituents is 1. The third kappa shape index (κ3) is 5.58. The third-order valence-corrected chi connectivity index (χ3v) is 5.24. The maximum Gasteiger partial charge on any atom is 0.271 e. The summed E-state index contributed by atoms with van der Waals surface area (Å²) < 4.78 is 10.3. The summed E-state index contributed by atoms with van der Waals surface area (Å²) in [6.07, 6.45) is -0.0541. The van der Waals surface area contributed by atoms with Crippen molar-refractivity contribution in [2.24, 2.45) is 0 Å². The summed E-state index contributed by atoms with van der Waals surface area (Å²) >= 11 is 1.18. The van der Waals surface area contributed by atoms with E-state index in [1.165, 1.54) is 37.7 Å². The predicted octanol–water partition coefficient (Wildman–Crippen LogP) is 3.81. The lowest BCUT2D eigenvalue weighted by molar-refractivity contribution is -0.384. The molecule has 0 unspecified atom stereocenters. The van der Waals surface area contributed by atoms with Crippen LogP contribution in [0.15, 0.2) is 41.8 Å². The number of benzene rings is 2. The van der Waals surface area contributed by atoms with Gasteiger partial charge in [-0.15, -0.1) is 11.3 Å². The summed E-state index contributed by atoms with van der Waals surface area (Å²) in [4.78, 5) is 39.6. The molecule has 1 heterocycles. The molecule has 11 heteroatoms. The number of carbonyl (C=O) groups excluding carboxylic acids is 2. The Labute approximate surface area is 187 Å². The van der Waals surface area contributed by atoms with E-state index in [0.717, 1.165) is 0 Å². The van der Waals surface area contributed by atoms with Crippen molar-refractivity contribution in [2.45, 2.75) is 13.3 Å². The first-order valence-electron chi connectivity index (χ1n) is 9.32. The van der Waals surface area contributed by atoms with E-state index >= 15 is 0 Å². The van der Waals surface area contributed by atoms with Gasteiger partial charge in [0.2, 0.25) is 5.91 Å². The highest BCUT2D eigenvalue weighted by Gasteiger charge is 2.15. The number of nitrogens with zero attached hydrogens (tertiary/aromatic N) is 2. The Morgan fingerprint density at radius 1 is 1.09 bits per heavy atom. The minimum absolute atomic E-state index is 0.0541. The lowest BCUT2D eigenvalue weighted by Crippen LogP contribution is -2.16. The van der Waals surface area contributed by atoms with Gasteiger partial charge < -0.3 is 14.8 Å². The molecular weight excluding hydrogens is 436 g/mol. The second kappa shape index (κ2) is 9.88. The number of nitro benzene ring substituents is 1. The van der Waals surface area contributed by atoms with E-state index in [1.807, 2.05) is 0 Å². The Kier molecular flexibility index (Phi) is 7.00. The topological polar surface area (TPSA) is 133 Å². The summed E-state index contributed by atoms with van der Waals surface area (Å²) in [6, 6.07) is 9.04. The second-order valence-corrected chi connectivity index (χ2v) is 7.54. The highest BCUT2D eigenvalue weighted by Crippen LogP contribution is 2.25. The second-order valence-electron chi connectivity index (χ2n) is 6.68. The number of thiazole rings is 1. The van der Waals surface area contributed by atoms with E-state index in [0.29, 0.717) is 39.1 Å². The molecule has 10 nitrogen and oxygen atoms in total. The first-order chi connectivity index (χ1) is 15.3. The Hall–Kier alpha value is -3.99. The number of hydrogen-bond acceptors (Lipinski definition) is 8. The van der Waals surface area contributed by atoms with Gasteiger partial charge >= 0.3 is 0 Å². The number of hydrogen-bond donors (Lipinski definition) is 2. The van der Waals surface area contributed by atoms with Crippen molar-refractivity contribution in [1.82, 2.24) is 4.98 Å². The lowest BCUT2D eigenvalue weighted by atomic mass is 10.1. The van der Waals surface area contributed by atoms with Crippen molar-refractivity contribution in [1.29, 1.82) is 0 Å². The van der Waals surface area contributed by atoms with Crippen molar-refractivity contribution >= 4 is 39.7 Å². The highest BCUT2D eigenvalue weighted by atomic mass is 32.1. The molecule has 2 N–H and O–H groups in total. The van der Waals surface area contributed by atoms with Crippen LogP contribution in [-0.4, -0.2) is 35.9 Å². The van der Waals surface area contributed by atoms with Crippen LogP contribution >= 0.6 is 11.3 Å². The number of nitrogens with one attached hydrogen (secondary N) is 2. The summed E-state index contributed by atoms with van der Waals surface area (Å²) in [7, 11) is 2.98. The van der Waals surface area contributed by atoms with E-state index in [9.17, 15) is 19.7 Å². The number of nitro groups is 1. The summed E-state index contributed by atoms with van der Waals surface area (Å²) in [5, 5.41) is 18.3. The number of ether oxygens (including phenoxy) is 2. The van der Waals surface area contributed by atoms with Gasteiger partial charge in [-0.2, -0.15) is 0 Å². The molecule has 2 amide bonds. The molecule has 2 aromatic carbocycles. The number of aryl methyl sites for hydroxylation is 1. The number of carbonyl (C=O) groups is 2. The molecule has 0 bridgehead atoms. The maximum atomic E-state index is 12.6. The Morgan fingerprint density at radius 3 is 2.41 bits per heavy atom. The third-order valence-electron chi connectivity index (χ3n) is 4.43. The molecule has 0 aliphatic rings. The van der Waals surface area contributed by atoms with Crippen molar-refractivity contribution in [2.75, 3.05) is 24.9 Å². The normalized spacial score (nSPS) is 10.3. The number of anilines is 2. The molecule has 1 aromatic heterocycles. The Morgan fingerprint density at radius 2 is 1.78 bits per heavy atom. The first kappa shape index (κ1) is 22.7. The summed E-state index contributed by atoms with van der Waals surface area (Å²) in [5.74, 6) is 0.166. The SMILES string of the molecule is COc1cc(OC)cc(C(=O)Nc2nc(CC(=O)Nc3cc([N+](=O)[O-])ccc3C)cs2)c1. The molecule has 0 saturated heterocycles. The standard InChI is InChI=1S/C21H20N4O6S/c1-12-4-5-15(25(28)29)9-18(12)23-19(26)8-14-11-32-21(22-14)24-20(27)13-6-16(30-2)10-17(7-13)31-3/h4-7,9-11H,8H2,1-3H3,(H,23,26)(H,22,24,27). The number of amides is 2. The molecule has 3 aromatic rings. The van der Waals surface area contributed by atoms with Gasteiger partial charge in [0.15, 0.2) is 5.13 Å².